The van der Waals surface area contributed by atoms with Crippen LogP contribution in [0, 0.1) is 0 Å². The zero-order valence-corrected chi connectivity index (χ0v) is 17.2. The molecule has 0 bridgehead atoms. The van der Waals surface area contributed by atoms with Crippen LogP contribution in [0.4, 0.5) is 0 Å². The van der Waals surface area contributed by atoms with Gasteiger partial charge in [0.25, 0.3) is 5.56 Å². The van der Waals surface area contributed by atoms with Crippen molar-refractivity contribution in [2.24, 2.45) is 0 Å². The van der Waals surface area contributed by atoms with Gasteiger partial charge < -0.3 is 19.4 Å². The third kappa shape index (κ3) is 2.86. The molecule has 0 aliphatic heterocycles. The summed E-state index contributed by atoms with van der Waals surface area (Å²) < 4.78 is 7.47. The lowest BCUT2D eigenvalue weighted by molar-refractivity contribution is 0.355. The topological polar surface area (TPSA) is 91.5 Å². The molecule has 0 amide bonds. The van der Waals surface area contributed by atoms with Crippen LogP contribution in [-0.2, 0) is 6.54 Å². The number of nitrogens with zero attached hydrogens (tertiary/aromatic N) is 2. The number of hydrogen-bond acceptors (Lipinski definition) is 5. The van der Waals surface area contributed by atoms with Crippen molar-refractivity contribution in [3.05, 3.63) is 63.0 Å². The summed E-state index contributed by atoms with van der Waals surface area (Å²) in [5.74, 6) is -0.146. The van der Waals surface area contributed by atoms with E-state index in [2.05, 4.69) is 4.98 Å². The lowest BCUT2D eigenvalue weighted by Crippen LogP contribution is -2.23. The molecule has 30 heavy (non-hydrogen) atoms. The Hall–Kier alpha value is -3.29. The minimum atomic E-state index is -0.338. The van der Waals surface area contributed by atoms with Crippen molar-refractivity contribution in [3.8, 4) is 5.88 Å². The molecule has 2 N–H and O–H groups in total. The van der Waals surface area contributed by atoms with Crippen molar-refractivity contribution in [1.82, 2.24) is 14.5 Å². The van der Waals surface area contributed by atoms with Crippen molar-refractivity contribution >= 4 is 56.2 Å². The fraction of sp³-hybridized carbons (Fsp3) is 0.182. The lowest BCUT2D eigenvalue weighted by Gasteiger charge is -2.10. The van der Waals surface area contributed by atoms with Crippen LogP contribution in [0.5, 0.6) is 5.88 Å². The first kappa shape index (κ1) is 20.0. The number of aromatic nitrogens is 2. The van der Waals surface area contributed by atoms with Gasteiger partial charge in [-0.25, -0.2) is 0 Å². The summed E-state index contributed by atoms with van der Waals surface area (Å²) in [6.45, 7) is 0.905. The number of benzene rings is 3. The van der Waals surface area contributed by atoms with E-state index in [1.54, 1.807) is 6.07 Å². The number of likely N-dealkylation sites (N-methyl/N-ethyl adjacent to an activating group) is 1. The normalized spacial score (nSPS) is 11.7. The summed E-state index contributed by atoms with van der Waals surface area (Å²) in [5.41, 5.74) is 1.83. The predicted molar refractivity (Wildman–Crippen MR) is 121 cm³/mol. The van der Waals surface area contributed by atoms with E-state index >= 15 is 0 Å². The first-order valence-electron chi connectivity index (χ1n) is 9.33. The predicted octanol–water partition coefficient (Wildman–Crippen LogP) is 3.43. The van der Waals surface area contributed by atoms with Gasteiger partial charge in [0, 0.05) is 23.9 Å². The smallest absolute Gasteiger partial charge is 0.265 e. The Morgan fingerprint density at radius 3 is 2.60 bits per heavy atom. The van der Waals surface area contributed by atoms with E-state index in [1.807, 2.05) is 43.3 Å². The number of halogens is 1. The van der Waals surface area contributed by atoms with Crippen LogP contribution in [0.25, 0.3) is 43.7 Å². The average Bonchev–Trinajstić information content (AvgIpc) is 2.95. The van der Waals surface area contributed by atoms with Crippen LogP contribution >= 0.6 is 12.4 Å². The molecule has 0 saturated heterocycles. The third-order valence-corrected chi connectivity index (χ3v) is 5.30. The van der Waals surface area contributed by atoms with Gasteiger partial charge in [-0.3, -0.25) is 14.2 Å². The molecule has 3 aromatic carbocycles. The molecule has 0 spiro atoms. The van der Waals surface area contributed by atoms with Gasteiger partial charge in [0.2, 0.25) is 5.88 Å². The number of rotatable bonds is 3. The van der Waals surface area contributed by atoms with Crippen LogP contribution < -0.4 is 11.0 Å². The Kier molecular flexibility index (Phi) is 4.80. The second-order valence-corrected chi connectivity index (χ2v) is 7.47. The van der Waals surface area contributed by atoms with Crippen LogP contribution in [0.3, 0.4) is 0 Å². The number of para-hydroxylation sites is 2. The Morgan fingerprint density at radius 1 is 1.07 bits per heavy atom. The average molecular weight is 426 g/mol. The van der Waals surface area contributed by atoms with E-state index in [0.29, 0.717) is 45.9 Å². The molecule has 0 unspecified atom stereocenters. The molecule has 0 radical (unpaired) electrons. The minimum Gasteiger partial charge on any atom is -0.494 e. The van der Waals surface area contributed by atoms with Crippen molar-refractivity contribution < 1.29 is 9.52 Å². The maximum Gasteiger partial charge on any atom is 0.265 e. The van der Waals surface area contributed by atoms with Crippen molar-refractivity contribution in [2.45, 2.75) is 6.54 Å². The number of aromatic hydroxyl groups is 1. The zero-order chi connectivity index (χ0) is 20.3. The minimum absolute atomic E-state index is 0. The molecule has 8 heteroatoms. The summed E-state index contributed by atoms with van der Waals surface area (Å²) in [5, 5.41) is 12.8. The van der Waals surface area contributed by atoms with E-state index in [1.165, 1.54) is 16.7 Å². The third-order valence-electron chi connectivity index (χ3n) is 5.30. The second kappa shape index (κ2) is 7.19. The highest BCUT2D eigenvalue weighted by molar-refractivity contribution is 6.24. The quantitative estimate of drug-likeness (QED) is 0.341. The van der Waals surface area contributed by atoms with Gasteiger partial charge in [-0.1, -0.05) is 12.1 Å². The van der Waals surface area contributed by atoms with E-state index in [4.69, 9.17) is 4.42 Å². The summed E-state index contributed by atoms with van der Waals surface area (Å²) in [6, 6.07) is 12.1. The molecular weight excluding hydrogens is 406 g/mol. The Bertz CT molecular complexity index is 1550. The van der Waals surface area contributed by atoms with Gasteiger partial charge >= 0.3 is 0 Å². The van der Waals surface area contributed by atoms with E-state index in [-0.39, 0.29) is 34.7 Å². The number of nitrogens with one attached hydrogen (secondary N) is 1. The number of H-pyrrole nitrogens is 1. The number of hydrogen-bond donors (Lipinski definition) is 2. The van der Waals surface area contributed by atoms with Gasteiger partial charge in [-0.15, -0.1) is 12.4 Å². The highest BCUT2D eigenvalue weighted by Crippen LogP contribution is 2.38. The van der Waals surface area contributed by atoms with Gasteiger partial charge in [0.15, 0.2) is 16.6 Å². The lowest BCUT2D eigenvalue weighted by atomic mass is 10.0. The highest BCUT2D eigenvalue weighted by atomic mass is 35.5. The maximum absolute atomic E-state index is 13.3. The molecule has 0 saturated carbocycles. The molecule has 2 heterocycles. The molecular formula is C22H20ClN3O4. The van der Waals surface area contributed by atoms with Crippen molar-refractivity contribution in [2.75, 3.05) is 20.6 Å². The first-order valence-corrected chi connectivity index (χ1v) is 9.33. The molecule has 5 aromatic rings. The molecule has 154 valence electrons. The number of fused-ring (bicyclic) bond motifs is 7. The molecule has 2 aromatic heterocycles. The monoisotopic (exact) mass is 425 g/mol. The SMILES string of the molecule is CN(C)CCn1c(O)c2c3cc(=O)ccc3c3[nH]c4ccccc4oc3c2c1=O.Cl. The maximum atomic E-state index is 13.3. The van der Waals surface area contributed by atoms with Crippen molar-refractivity contribution in [3.63, 3.8) is 0 Å². The summed E-state index contributed by atoms with van der Waals surface area (Å²) in [4.78, 5) is 30.6. The van der Waals surface area contributed by atoms with E-state index < -0.39 is 0 Å². The molecule has 0 aliphatic carbocycles. The zero-order valence-electron chi connectivity index (χ0n) is 16.4. The summed E-state index contributed by atoms with van der Waals surface area (Å²) in [6.07, 6.45) is 0. The summed E-state index contributed by atoms with van der Waals surface area (Å²) >= 11 is 0. The molecule has 5 rings (SSSR count). The van der Waals surface area contributed by atoms with Gasteiger partial charge in [-0.05, 0) is 44.4 Å². The van der Waals surface area contributed by atoms with Crippen LogP contribution in [0.2, 0.25) is 0 Å². The Labute approximate surface area is 176 Å². The fourth-order valence-electron chi connectivity index (χ4n) is 3.88. The Balaban J connectivity index is 0.00000218. The van der Waals surface area contributed by atoms with E-state index in [9.17, 15) is 14.7 Å². The molecule has 0 aliphatic rings. The van der Waals surface area contributed by atoms with Crippen LogP contribution in [0.1, 0.15) is 0 Å². The van der Waals surface area contributed by atoms with Gasteiger partial charge in [0.1, 0.15) is 0 Å². The molecule has 0 atom stereocenters. The Morgan fingerprint density at radius 2 is 1.83 bits per heavy atom. The van der Waals surface area contributed by atoms with E-state index in [0.717, 1.165) is 5.52 Å². The summed E-state index contributed by atoms with van der Waals surface area (Å²) in [7, 11) is 3.80. The standard InChI is InChI=1S/C22H19N3O4.ClH/c1-24(2)9-10-25-21(27)17-14-11-12(26)7-8-13(14)19-20(18(17)22(25)28)29-16-6-4-3-5-15(16)23-19;/h3-8,11,23,27H,9-10H2,1-2H3;1H. The largest absolute Gasteiger partial charge is 0.494 e. The van der Waals surface area contributed by atoms with Crippen LogP contribution in [0.15, 0.2) is 56.5 Å². The first-order chi connectivity index (χ1) is 14.0. The van der Waals surface area contributed by atoms with Crippen LogP contribution in [-0.4, -0.2) is 40.2 Å². The van der Waals surface area contributed by atoms with Gasteiger partial charge in [-0.2, -0.15) is 0 Å². The number of aromatic amines is 1. The van der Waals surface area contributed by atoms with Gasteiger partial charge in [0.05, 0.1) is 21.8 Å². The highest BCUT2D eigenvalue weighted by Gasteiger charge is 2.23. The second-order valence-electron chi connectivity index (χ2n) is 7.47. The fourth-order valence-corrected chi connectivity index (χ4v) is 3.88. The van der Waals surface area contributed by atoms with Crippen molar-refractivity contribution in [1.29, 1.82) is 0 Å². The molecule has 7 nitrogen and oxygen atoms in total. The molecule has 0 fully saturated rings.